The SMILES string of the molecule is O=C1NC(=S)N(c2ccc(Oc3ccccc3)cc2)C(=O)/C1=C/c1cc(C#Cc2ccccc2)cs1. The molecule has 1 N–H and O–H groups in total. The number of ether oxygens (including phenoxy) is 1. The van der Waals surface area contributed by atoms with Gasteiger partial charge < -0.3 is 4.74 Å². The predicted molar refractivity (Wildman–Crippen MR) is 146 cm³/mol. The van der Waals surface area contributed by atoms with E-state index in [0.717, 1.165) is 16.0 Å². The summed E-state index contributed by atoms with van der Waals surface area (Å²) in [5.41, 5.74) is 2.24. The third kappa shape index (κ3) is 5.26. The summed E-state index contributed by atoms with van der Waals surface area (Å²) >= 11 is 6.71. The van der Waals surface area contributed by atoms with Crippen LogP contribution >= 0.6 is 23.6 Å². The van der Waals surface area contributed by atoms with Crippen LogP contribution in [0.3, 0.4) is 0 Å². The molecule has 1 aromatic heterocycles. The van der Waals surface area contributed by atoms with E-state index in [-0.39, 0.29) is 10.7 Å². The molecule has 0 spiro atoms. The molecule has 5 nitrogen and oxygen atoms in total. The summed E-state index contributed by atoms with van der Waals surface area (Å²) in [6.45, 7) is 0. The van der Waals surface area contributed by atoms with Gasteiger partial charge in [-0.1, -0.05) is 48.2 Å². The van der Waals surface area contributed by atoms with Crippen LogP contribution in [0.25, 0.3) is 6.08 Å². The van der Waals surface area contributed by atoms with Crippen LogP contribution in [-0.2, 0) is 9.59 Å². The Labute approximate surface area is 217 Å². The van der Waals surface area contributed by atoms with Gasteiger partial charge >= 0.3 is 0 Å². The monoisotopic (exact) mass is 506 g/mol. The molecule has 7 heteroatoms. The number of hydrogen-bond acceptors (Lipinski definition) is 5. The van der Waals surface area contributed by atoms with Crippen LogP contribution in [0.1, 0.15) is 16.0 Å². The van der Waals surface area contributed by atoms with Crippen LogP contribution in [0, 0.1) is 11.8 Å². The van der Waals surface area contributed by atoms with Crippen molar-refractivity contribution < 1.29 is 14.3 Å². The normalized spacial score (nSPS) is 14.3. The second-order valence-electron chi connectivity index (χ2n) is 7.72. The maximum absolute atomic E-state index is 13.3. The molecule has 0 aliphatic carbocycles. The van der Waals surface area contributed by atoms with Gasteiger partial charge in [0.05, 0.1) is 5.69 Å². The lowest BCUT2D eigenvalue weighted by atomic mass is 10.1. The smallest absolute Gasteiger partial charge is 0.270 e. The van der Waals surface area contributed by atoms with E-state index in [1.54, 1.807) is 30.3 Å². The van der Waals surface area contributed by atoms with E-state index < -0.39 is 11.8 Å². The van der Waals surface area contributed by atoms with E-state index in [9.17, 15) is 9.59 Å². The van der Waals surface area contributed by atoms with E-state index >= 15 is 0 Å². The van der Waals surface area contributed by atoms with Crippen molar-refractivity contribution in [1.29, 1.82) is 0 Å². The van der Waals surface area contributed by atoms with Gasteiger partial charge in [-0.25, -0.2) is 0 Å². The van der Waals surface area contributed by atoms with Crippen molar-refractivity contribution >= 4 is 52.2 Å². The van der Waals surface area contributed by atoms with Gasteiger partial charge in [0.25, 0.3) is 11.8 Å². The molecule has 174 valence electrons. The number of thiophene rings is 1. The Balaban J connectivity index is 1.36. The topological polar surface area (TPSA) is 58.6 Å². The summed E-state index contributed by atoms with van der Waals surface area (Å²) < 4.78 is 5.81. The van der Waals surface area contributed by atoms with Crippen LogP contribution in [0.4, 0.5) is 5.69 Å². The Bertz CT molecular complexity index is 1530. The Morgan fingerprint density at radius 1 is 0.833 bits per heavy atom. The highest BCUT2D eigenvalue weighted by atomic mass is 32.1. The zero-order valence-corrected chi connectivity index (χ0v) is 20.4. The molecular weight excluding hydrogens is 488 g/mol. The Morgan fingerprint density at radius 2 is 1.47 bits per heavy atom. The first-order valence-corrected chi connectivity index (χ1v) is 12.3. The molecule has 0 bridgehead atoms. The summed E-state index contributed by atoms with van der Waals surface area (Å²) in [4.78, 5) is 28.0. The number of benzene rings is 3. The summed E-state index contributed by atoms with van der Waals surface area (Å²) in [7, 11) is 0. The Kier molecular flexibility index (Phi) is 6.72. The quantitative estimate of drug-likeness (QED) is 0.165. The second kappa shape index (κ2) is 10.4. The molecule has 2 amide bonds. The zero-order chi connectivity index (χ0) is 24.9. The van der Waals surface area contributed by atoms with E-state index in [2.05, 4.69) is 17.2 Å². The first-order chi connectivity index (χ1) is 17.6. The lowest BCUT2D eigenvalue weighted by Gasteiger charge is -2.28. The minimum Gasteiger partial charge on any atom is -0.457 e. The van der Waals surface area contributed by atoms with Gasteiger partial charge in [0, 0.05) is 21.4 Å². The number of nitrogens with one attached hydrogen (secondary N) is 1. The average Bonchev–Trinajstić information content (AvgIpc) is 3.35. The summed E-state index contributed by atoms with van der Waals surface area (Å²) in [5.74, 6) is 6.50. The van der Waals surface area contributed by atoms with Crippen molar-refractivity contribution in [3.8, 4) is 23.3 Å². The molecule has 1 aliphatic rings. The number of thiocarbonyl (C=S) groups is 1. The molecule has 36 heavy (non-hydrogen) atoms. The molecule has 0 radical (unpaired) electrons. The number of carbonyl (C=O) groups is 2. The van der Waals surface area contributed by atoms with E-state index in [1.165, 1.54) is 16.2 Å². The molecule has 0 unspecified atom stereocenters. The number of anilines is 1. The van der Waals surface area contributed by atoms with Crippen LogP contribution in [0.2, 0.25) is 0 Å². The van der Waals surface area contributed by atoms with Crippen molar-refractivity contribution in [3.63, 3.8) is 0 Å². The Morgan fingerprint density at radius 3 is 2.19 bits per heavy atom. The van der Waals surface area contributed by atoms with Gasteiger partial charge in [0.2, 0.25) is 0 Å². The van der Waals surface area contributed by atoms with Crippen molar-refractivity contribution in [2.45, 2.75) is 0 Å². The molecular formula is C29H18N2O3S2. The minimum absolute atomic E-state index is 0.00219. The van der Waals surface area contributed by atoms with E-state index in [4.69, 9.17) is 17.0 Å². The van der Waals surface area contributed by atoms with Gasteiger partial charge in [-0.2, -0.15) is 0 Å². The van der Waals surface area contributed by atoms with E-state index in [0.29, 0.717) is 17.2 Å². The third-order valence-corrected chi connectivity index (χ3v) is 6.37. The number of amides is 2. The molecule has 1 aliphatic heterocycles. The summed E-state index contributed by atoms with van der Waals surface area (Å²) in [6.07, 6.45) is 1.57. The molecule has 0 saturated carbocycles. The molecule has 2 heterocycles. The summed E-state index contributed by atoms with van der Waals surface area (Å²) in [5, 5.41) is 4.53. The van der Waals surface area contributed by atoms with Gasteiger partial charge in [-0.3, -0.25) is 19.8 Å². The Hall–Kier alpha value is -4.51. The maximum atomic E-state index is 13.3. The maximum Gasteiger partial charge on any atom is 0.270 e. The van der Waals surface area contributed by atoms with Gasteiger partial charge in [-0.05, 0) is 72.9 Å². The largest absolute Gasteiger partial charge is 0.457 e. The van der Waals surface area contributed by atoms with Crippen LogP contribution in [0.5, 0.6) is 11.5 Å². The van der Waals surface area contributed by atoms with Gasteiger partial charge in [0.1, 0.15) is 17.1 Å². The number of nitrogens with zero attached hydrogens (tertiary/aromatic N) is 1. The highest BCUT2D eigenvalue weighted by Crippen LogP contribution is 2.27. The van der Waals surface area contributed by atoms with Crippen molar-refractivity contribution in [1.82, 2.24) is 5.32 Å². The van der Waals surface area contributed by atoms with Crippen LogP contribution < -0.4 is 15.0 Å². The molecule has 1 saturated heterocycles. The van der Waals surface area contributed by atoms with Crippen LogP contribution in [-0.4, -0.2) is 16.9 Å². The number of rotatable bonds is 4. The zero-order valence-electron chi connectivity index (χ0n) is 18.8. The van der Waals surface area contributed by atoms with Crippen molar-refractivity contribution in [2.24, 2.45) is 0 Å². The lowest BCUT2D eigenvalue weighted by Crippen LogP contribution is -2.54. The summed E-state index contributed by atoms with van der Waals surface area (Å²) in [6, 6.07) is 27.8. The van der Waals surface area contributed by atoms with E-state index in [1.807, 2.05) is 72.1 Å². The highest BCUT2D eigenvalue weighted by Gasteiger charge is 2.34. The fourth-order valence-electron chi connectivity index (χ4n) is 3.48. The second-order valence-corrected chi connectivity index (χ2v) is 9.05. The standard InChI is InChI=1S/C29H18N2O3S2/c32-27-26(18-25-17-21(19-36-25)12-11-20-7-3-1-4-8-20)28(33)31(29(35)30-27)22-13-15-24(16-14-22)34-23-9-5-2-6-10-23/h1-10,13-19H,(H,30,32,35)/b26-18+. The molecule has 5 rings (SSSR count). The third-order valence-electron chi connectivity index (χ3n) is 5.21. The van der Waals surface area contributed by atoms with Crippen molar-refractivity contribution in [3.05, 3.63) is 118 Å². The number of hydrogen-bond donors (Lipinski definition) is 1. The first-order valence-electron chi connectivity index (χ1n) is 11.0. The number of carbonyl (C=O) groups excluding carboxylic acids is 2. The highest BCUT2D eigenvalue weighted by molar-refractivity contribution is 7.80. The van der Waals surface area contributed by atoms with Gasteiger partial charge in [0.15, 0.2) is 5.11 Å². The fourth-order valence-corrected chi connectivity index (χ4v) is 4.53. The predicted octanol–water partition coefficient (Wildman–Crippen LogP) is 5.77. The lowest BCUT2D eigenvalue weighted by molar-refractivity contribution is -0.122. The number of para-hydroxylation sites is 1. The molecule has 3 aromatic carbocycles. The van der Waals surface area contributed by atoms with Gasteiger partial charge in [-0.15, -0.1) is 11.3 Å². The van der Waals surface area contributed by atoms with Crippen molar-refractivity contribution in [2.75, 3.05) is 4.90 Å². The molecule has 4 aromatic rings. The average molecular weight is 507 g/mol. The minimum atomic E-state index is -0.532. The first kappa shape index (κ1) is 23.2. The van der Waals surface area contributed by atoms with Crippen LogP contribution in [0.15, 0.2) is 102 Å². The fraction of sp³-hybridized carbons (Fsp3) is 0. The molecule has 1 fully saturated rings. The molecule has 0 atom stereocenters.